The molecular formula is C22H24N2O2. The van der Waals surface area contributed by atoms with Gasteiger partial charge >= 0.3 is 0 Å². The summed E-state index contributed by atoms with van der Waals surface area (Å²) in [6.07, 6.45) is 4.86. The molecule has 0 unspecified atom stereocenters. The normalized spacial score (nSPS) is 10.6. The lowest BCUT2D eigenvalue weighted by Crippen LogP contribution is -2.24. The molecule has 0 spiro atoms. The molecular weight excluding hydrogens is 324 g/mol. The number of hydrogen-bond acceptors (Lipinski definition) is 3. The maximum atomic E-state index is 12.1. The van der Waals surface area contributed by atoms with Gasteiger partial charge in [0.15, 0.2) is 0 Å². The monoisotopic (exact) mass is 348 g/mol. The third-order valence-corrected chi connectivity index (χ3v) is 3.51. The van der Waals surface area contributed by atoms with Crippen LogP contribution in [-0.4, -0.2) is 11.0 Å². The van der Waals surface area contributed by atoms with Gasteiger partial charge in [0.25, 0.3) is 5.91 Å². The highest BCUT2D eigenvalue weighted by Gasteiger charge is 2.07. The number of aryl methyl sites for hydroxylation is 1. The van der Waals surface area contributed by atoms with Gasteiger partial charge in [0.1, 0.15) is 17.4 Å². The number of nitrogens with one attached hydrogen (secondary N) is 1. The van der Waals surface area contributed by atoms with E-state index in [-0.39, 0.29) is 11.3 Å². The second kappa shape index (κ2) is 11.3. The summed E-state index contributed by atoms with van der Waals surface area (Å²) < 4.78 is 0. The quantitative estimate of drug-likeness (QED) is 0.474. The van der Waals surface area contributed by atoms with E-state index >= 15 is 0 Å². The summed E-state index contributed by atoms with van der Waals surface area (Å²) in [5, 5.41) is 21.1. The molecule has 0 aromatic heterocycles. The van der Waals surface area contributed by atoms with Gasteiger partial charge in [-0.1, -0.05) is 62.4 Å². The fourth-order valence-corrected chi connectivity index (χ4v) is 2.08. The summed E-state index contributed by atoms with van der Waals surface area (Å²) in [6.45, 7) is 6.36. The van der Waals surface area contributed by atoms with E-state index in [1.54, 1.807) is 36.4 Å². The molecule has 2 aromatic rings. The number of hydrogen-bond donors (Lipinski definition) is 2. The van der Waals surface area contributed by atoms with Gasteiger partial charge in [-0.05, 0) is 41.8 Å². The van der Waals surface area contributed by atoms with E-state index in [0.717, 1.165) is 16.7 Å². The zero-order valence-electron chi connectivity index (χ0n) is 15.4. The molecule has 0 radical (unpaired) electrons. The van der Waals surface area contributed by atoms with Crippen LogP contribution in [0.2, 0.25) is 0 Å². The molecule has 0 saturated carbocycles. The van der Waals surface area contributed by atoms with Crippen LogP contribution in [0.15, 0.2) is 66.3 Å². The average molecular weight is 348 g/mol. The number of benzene rings is 2. The predicted octanol–water partition coefficient (Wildman–Crippen LogP) is 4.51. The van der Waals surface area contributed by atoms with Crippen LogP contribution in [0.25, 0.3) is 6.08 Å². The first-order chi connectivity index (χ1) is 12.6. The molecule has 26 heavy (non-hydrogen) atoms. The lowest BCUT2D eigenvalue weighted by atomic mass is 10.1. The fourth-order valence-electron chi connectivity index (χ4n) is 2.08. The van der Waals surface area contributed by atoms with Crippen LogP contribution in [0.1, 0.15) is 30.5 Å². The third kappa shape index (κ3) is 6.66. The molecule has 4 heteroatoms. The number of rotatable bonds is 5. The zero-order valence-corrected chi connectivity index (χ0v) is 15.4. The van der Waals surface area contributed by atoms with E-state index in [1.807, 2.05) is 51.1 Å². The lowest BCUT2D eigenvalue weighted by Gasteiger charge is -2.06. The first kappa shape index (κ1) is 20.7. The van der Waals surface area contributed by atoms with Gasteiger partial charge in [-0.15, -0.1) is 0 Å². The Kier molecular flexibility index (Phi) is 8.98. The van der Waals surface area contributed by atoms with Crippen molar-refractivity contribution in [1.29, 1.82) is 5.26 Å². The largest absolute Gasteiger partial charge is 0.508 e. The van der Waals surface area contributed by atoms with Crippen LogP contribution in [-0.2, 0) is 11.3 Å². The average Bonchev–Trinajstić information content (AvgIpc) is 2.67. The highest BCUT2D eigenvalue weighted by atomic mass is 16.3. The first-order valence-corrected chi connectivity index (χ1v) is 8.50. The Morgan fingerprint density at radius 1 is 1.15 bits per heavy atom. The number of carbonyl (C=O) groups excluding carboxylic acids is 1. The van der Waals surface area contributed by atoms with Gasteiger partial charge < -0.3 is 10.4 Å². The molecule has 0 heterocycles. The fraction of sp³-hybridized carbons (Fsp3) is 0.182. The third-order valence-electron chi connectivity index (χ3n) is 3.51. The topological polar surface area (TPSA) is 73.1 Å². The molecule has 1 amide bonds. The van der Waals surface area contributed by atoms with Crippen molar-refractivity contribution in [3.05, 3.63) is 82.9 Å². The van der Waals surface area contributed by atoms with Gasteiger partial charge in [0.2, 0.25) is 0 Å². The van der Waals surface area contributed by atoms with Crippen LogP contribution in [0.4, 0.5) is 0 Å². The standard InChI is InChI=1S/C20H18N2O2.C2H6/c1-15-5-2-3-7-18(15)14-22-20(24)17(13-21)8-4-6-16-9-11-19(23)12-10-16;1-2/h2-12,23H,14H2,1H3,(H,22,24);1-2H3/b6-4+,17-8+;. The van der Waals surface area contributed by atoms with Crippen molar-refractivity contribution in [1.82, 2.24) is 5.32 Å². The van der Waals surface area contributed by atoms with Crippen molar-refractivity contribution >= 4 is 12.0 Å². The molecule has 0 aliphatic rings. The molecule has 0 fully saturated rings. The number of nitrogens with zero attached hydrogens (tertiary/aromatic N) is 1. The molecule has 0 saturated heterocycles. The highest BCUT2D eigenvalue weighted by molar-refractivity contribution is 5.97. The van der Waals surface area contributed by atoms with E-state index in [1.165, 1.54) is 6.08 Å². The van der Waals surface area contributed by atoms with E-state index < -0.39 is 5.91 Å². The van der Waals surface area contributed by atoms with Crippen LogP contribution >= 0.6 is 0 Å². The number of allylic oxidation sites excluding steroid dienone is 2. The first-order valence-electron chi connectivity index (χ1n) is 8.50. The minimum atomic E-state index is -0.406. The van der Waals surface area contributed by atoms with Crippen LogP contribution < -0.4 is 5.32 Å². The van der Waals surface area contributed by atoms with E-state index in [9.17, 15) is 9.90 Å². The van der Waals surface area contributed by atoms with Crippen molar-refractivity contribution in [3.63, 3.8) is 0 Å². The number of carbonyl (C=O) groups is 1. The van der Waals surface area contributed by atoms with Crippen molar-refractivity contribution < 1.29 is 9.90 Å². The Labute approximate surface area is 155 Å². The maximum Gasteiger partial charge on any atom is 0.262 e. The molecule has 134 valence electrons. The summed E-state index contributed by atoms with van der Waals surface area (Å²) in [4.78, 5) is 12.1. The summed E-state index contributed by atoms with van der Waals surface area (Å²) in [5.74, 6) is -0.216. The number of amides is 1. The summed E-state index contributed by atoms with van der Waals surface area (Å²) >= 11 is 0. The molecule has 4 nitrogen and oxygen atoms in total. The van der Waals surface area contributed by atoms with Gasteiger partial charge in [-0.2, -0.15) is 5.26 Å². The highest BCUT2D eigenvalue weighted by Crippen LogP contribution is 2.11. The SMILES string of the molecule is CC.Cc1ccccc1CNC(=O)/C(C#N)=C/C=C/c1ccc(O)cc1. The van der Waals surface area contributed by atoms with Crippen molar-refractivity contribution in [3.8, 4) is 11.8 Å². The lowest BCUT2D eigenvalue weighted by molar-refractivity contribution is -0.117. The maximum absolute atomic E-state index is 12.1. The van der Waals surface area contributed by atoms with Crippen LogP contribution in [0.5, 0.6) is 5.75 Å². The molecule has 0 aliphatic carbocycles. The van der Waals surface area contributed by atoms with Gasteiger partial charge in [0.05, 0.1) is 0 Å². The van der Waals surface area contributed by atoms with E-state index in [4.69, 9.17) is 5.26 Å². The Bertz CT molecular complexity index is 813. The summed E-state index contributed by atoms with van der Waals surface area (Å²) in [6, 6.07) is 16.3. The van der Waals surface area contributed by atoms with Crippen molar-refractivity contribution in [2.24, 2.45) is 0 Å². The molecule has 0 aliphatic heterocycles. The molecule has 0 bridgehead atoms. The Hall–Kier alpha value is -3.32. The molecule has 2 rings (SSSR count). The molecule has 2 aromatic carbocycles. The molecule has 2 N–H and O–H groups in total. The minimum absolute atomic E-state index is 0.0404. The Balaban J connectivity index is 0.00000163. The van der Waals surface area contributed by atoms with Crippen molar-refractivity contribution in [2.75, 3.05) is 0 Å². The molecule has 0 atom stereocenters. The number of nitriles is 1. The summed E-state index contributed by atoms with van der Waals surface area (Å²) in [7, 11) is 0. The van der Waals surface area contributed by atoms with Crippen LogP contribution in [0, 0.1) is 18.3 Å². The zero-order chi connectivity index (χ0) is 19.4. The van der Waals surface area contributed by atoms with Crippen molar-refractivity contribution in [2.45, 2.75) is 27.3 Å². The van der Waals surface area contributed by atoms with Gasteiger partial charge in [0, 0.05) is 6.54 Å². The van der Waals surface area contributed by atoms with Gasteiger partial charge in [-0.25, -0.2) is 0 Å². The van der Waals surface area contributed by atoms with E-state index in [2.05, 4.69) is 5.32 Å². The summed E-state index contributed by atoms with van der Waals surface area (Å²) in [5.41, 5.74) is 3.01. The Morgan fingerprint density at radius 2 is 1.81 bits per heavy atom. The van der Waals surface area contributed by atoms with E-state index in [0.29, 0.717) is 6.54 Å². The second-order valence-electron chi connectivity index (χ2n) is 5.25. The van der Waals surface area contributed by atoms with Gasteiger partial charge in [-0.3, -0.25) is 4.79 Å². The Morgan fingerprint density at radius 3 is 2.42 bits per heavy atom. The predicted molar refractivity (Wildman–Crippen MR) is 105 cm³/mol. The second-order valence-corrected chi connectivity index (χ2v) is 5.25. The minimum Gasteiger partial charge on any atom is -0.508 e. The smallest absolute Gasteiger partial charge is 0.262 e. The number of aromatic hydroxyl groups is 1. The number of phenolic OH excluding ortho intramolecular Hbond substituents is 1. The van der Waals surface area contributed by atoms with Crippen LogP contribution in [0.3, 0.4) is 0 Å². The number of phenols is 1.